The minimum absolute atomic E-state index is 0.0603. The third kappa shape index (κ3) is 8.97. The number of piperidine rings is 2. The van der Waals surface area contributed by atoms with Crippen molar-refractivity contribution in [3.8, 4) is 0 Å². The lowest BCUT2D eigenvalue weighted by molar-refractivity contribution is -0.139. The molecule has 3 aliphatic heterocycles. The highest BCUT2D eigenvalue weighted by Gasteiger charge is 2.36. The standard InChI is InChI=1S/C38H52ClN5O4/c1-26(2)25-44(32-14-18-41(19-15-32)27(3)45)33-16-20-42(21-17-33)38(48)35(23-29-9-11-31(39)12-10-29)40-37(47)24-36-34-8-6-5-7-30(34)13-22-43(36)28(4)46/h5-12,26,32-33,35-36H,13-25H2,1-4H3,(H,40,47)/t35-,36?/m1/s1. The number of amides is 4. The molecule has 3 heterocycles. The predicted molar refractivity (Wildman–Crippen MR) is 188 cm³/mol. The number of fused-ring (bicyclic) bond motifs is 1. The van der Waals surface area contributed by atoms with Crippen molar-refractivity contribution in [1.29, 1.82) is 0 Å². The number of benzene rings is 2. The molecule has 1 unspecified atom stereocenters. The van der Waals surface area contributed by atoms with Crippen LogP contribution in [-0.4, -0.2) is 101 Å². The zero-order chi connectivity index (χ0) is 34.4. The van der Waals surface area contributed by atoms with Crippen molar-refractivity contribution in [2.45, 2.75) is 96.8 Å². The second kappa shape index (κ2) is 16.3. The number of halogens is 1. The van der Waals surface area contributed by atoms with Crippen LogP contribution in [-0.2, 0) is 32.0 Å². The molecule has 0 spiro atoms. The predicted octanol–water partition coefficient (Wildman–Crippen LogP) is 4.86. The lowest BCUT2D eigenvalue weighted by Gasteiger charge is -2.46. The Hall–Kier alpha value is -3.43. The average Bonchev–Trinajstić information content (AvgIpc) is 3.07. The van der Waals surface area contributed by atoms with Gasteiger partial charge in [-0.1, -0.05) is 61.8 Å². The molecular formula is C38H52ClN5O4. The Labute approximate surface area is 290 Å². The maximum absolute atomic E-state index is 14.2. The highest BCUT2D eigenvalue weighted by Crippen LogP contribution is 2.32. The van der Waals surface area contributed by atoms with Crippen LogP contribution in [0.25, 0.3) is 0 Å². The fourth-order valence-electron chi connectivity index (χ4n) is 7.90. The van der Waals surface area contributed by atoms with Gasteiger partial charge in [0.05, 0.1) is 12.5 Å². The Kier molecular flexibility index (Phi) is 12.2. The molecule has 0 radical (unpaired) electrons. The lowest BCUT2D eigenvalue weighted by Crippen LogP contribution is -2.56. The third-order valence-electron chi connectivity index (χ3n) is 10.4. The molecule has 260 valence electrons. The monoisotopic (exact) mass is 677 g/mol. The highest BCUT2D eigenvalue weighted by molar-refractivity contribution is 6.30. The highest BCUT2D eigenvalue weighted by atomic mass is 35.5. The average molecular weight is 678 g/mol. The summed E-state index contributed by atoms with van der Waals surface area (Å²) < 4.78 is 0. The smallest absolute Gasteiger partial charge is 0.245 e. The summed E-state index contributed by atoms with van der Waals surface area (Å²) in [6.45, 7) is 12.1. The summed E-state index contributed by atoms with van der Waals surface area (Å²) in [6.07, 6.45) is 4.91. The SMILES string of the molecule is CC(=O)N1CCC(N(CC(C)C)C2CCN(C(=O)[C@@H](Cc3ccc(Cl)cc3)NC(=O)CC3c4ccccc4CCN3C(C)=O)CC2)CC1. The van der Waals surface area contributed by atoms with Crippen molar-refractivity contribution in [3.05, 3.63) is 70.2 Å². The molecule has 48 heavy (non-hydrogen) atoms. The van der Waals surface area contributed by atoms with Crippen LogP contribution in [0.3, 0.4) is 0 Å². The zero-order valence-electron chi connectivity index (χ0n) is 29.0. The van der Waals surface area contributed by atoms with Crippen molar-refractivity contribution in [1.82, 2.24) is 24.9 Å². The number of nitrogens with one attached hydrogen (secondary N) is 1. The molecule has 0 bridgehead atoms. The fourth-order valence-corrected chi connectivity index (χ4v) is 8.03. The van der Waals surface area contributed by atoms with E-state index < -0.39 is 6.04 Å². The van der Waals surface area contributed by atoms with E-state index in [9.17, 15) is 19.2 Å². The van der Waals surface area contributed by atoms with Gasteiger partial charge >= 0.3 is 0 Å². The molecule has 3 aliphatic rings. The first-order valence-corrected chi connectivity index (χ1v) is 18.1. The first kappa shape index (κ1) is 35.9. The number of nitrogens with zero attached hydrogens (tertiary/aromatic N) is 4. The summed E-state index contributed by atoms with van der Waals surface area (Å²) in [7, 11) is 0. The first-order valence-electron chi connectivity index (χ1n) is 17.7. The Bertz CT molecular complexity index is 1430. The molecule has 1 N–H and O–H groups in total. The summed E-state index contributed by atoms with van der Waals surface area (Å²) in [5.41, 5.74) is 3.07. The van der Waals surface area contributed by atoms with Gasteiger partial charge in [-0.05, 0) is 66.8 Å². The van der Waals surface area contributed by atoms with Gasteiger partial charge in [-0.2, -0.15) is 0 Å². The molecule has 5 rings (SSSR count). The van der Waals surface area contributed by atoms with Gasteiger partial charge in [-0.25, -0.2) is 0 Å². The molecular weight excluding hydrogens is 626 g/mol. The molecule has 2 saturated heterocycles. The molecule has 2 aromatic carbocycles. The second-order valence-corrected chi connectivity index (χ2v) is 14.7. The van der Waals surface area contributed by atoms with Gasteiger partial charge in [-0.3, -0.25) is 24.1 Å². The maximum atomic E-state index is 14.2. The summed E-state index contributed by atoms with van der Waals surface area (Å²) in [4.78, 5) is 60.7. The van der Waals surface area contributed by atoms with Crippen LogP contribution in [0.2, 0.25) is 5.02 Å². The van der Waals surface area contributed by atoms with Gasteiger partial charge in [0.25, 0.3) is 0 Å². The van der Waals surface area contributed by atoms with Gasteiger partial charge < -0.3 is 20.0 Å². The summed E-state index contributed by atoms with van der Waals surface area (Å²) in [5, 5.41) is 3.71. The number of likely N-dealkylation sites (tertiary alicyclic amines) is 2. The summed E-state index contributed by atoms with van der Waals surface area (Å²) >= 11 is 6.15. The molecule has 10 heteroatoms. The van der Waals surface area contributed by atoms with E-state index in [4.69, 9.17) is 11.6 Å². The van der Waals surface area contributed by atoms with Crippen LogP contribution < -0.4 is 5.32 Å². The van der Waals surface area contributed by atoms with Crippen molar-refractivity contribution >= 4 is 35.2 Å². The minimum atomic E-state index is -0.734. The zero-order valence-corrected chi connectivity index (χ0v) is 29.8. The quantitative estimate of drug-likeness (QED) is 0.388. The van der Waals surface area contributed by atoms with Crippen molar-refractivity contribution in [3.63, 3.8) is 0 Å². The van der Waals surface area contributed by atoms with Crippen LogP contribution in [0, 0.1) is 5.92 Å². The molecule has 9 nitrogen and oxygen atoms in total. The van der Waals surface area contributed by atoms with E-state index in [0.29, 0.717) is 49.1 Å². The van der Waals surface area contributed by atoms with Gasteiger partial charge in [0.2, 0.25) is 23.6 Å². The van der Waals surface area contributed by atoms with Crippen molar-refractivity contribution in [2.75, 3.05) is 39.3 Å². The van der Waals surface area contributed by atoms with E-state index in [1.54, 1.807) is 30.9 Å². The second-order valence-electron chi connectivity index (χ2n) is 14.2. The Balaban J connectivity index is 1.27. The maximum Gasteiger partial charge on any atom is 0.245 e. The van der Waals surface area contributed by atoms with Crippen LogP contribution in [0.1, 0.15) is 82.5 Å². The molecule has 0 aromatic heterocycles. The van der Waals surface area contributed by atoms with Gasteiger partial charge in [0.1, 0.15) is 6.04 Å². The van der Waals surface area contributed by atoms with Crippen LogP contribution >= 0.6 is 11.6 Å². The summed E-state index contributed by atoms with van der Waals surface area (Å²) in [5.74, 6) is 0.287. The summed E-state index contributed by atoms with van der Waals surface area (Å²) in [6, 6.07) is 15.1. The van der Waals surface area contributed by atoms with E-state index in [-0.39, 0.29) is 36.1 Å². The normalized spacial score (nSPS) is 19.7. The number of carbonyl (C=O) groups excluding carboxylic acids is 4. The molecule has 2 atom stereocenters. The van der Waals surface area contributed by atoms with E-state index in [1.165, 1.54) is 0 Å². The largest absolute Gasteiger partial charge is 0.344 e. The lowest BCUT2D eigenvalue weighted by atomic mass is 9.90. The van der Waals surface area contributed by atoms with E-state index in [1.807, 2.05) is 40.1 Å². The van der Waals surface area contributed by atoms with E-state index >= 15 is 0 Å². The van der Waals surface area contributed by atoms with Crippen molar-refractivity contribution < 1.29 is 19.2 Å². The molecule has 0 saturated carbocycles. The fraction of sp³-hybridized carbons (Fsp3) is 0.579. The molecule has 0 aliphatic carbocycles. The number of carbonyl (C=O) groups is 4. The van der Waals surface area contributed by atoms with Gasteiger partial charge in [0.15, 0.2) is 0 Å². The topological polar surface area (TPSA) is 93.3 Å². The molecule has 2 fully saturated rings. The van der Waals surface area contributed by atoms with E-state index in [2.05, 4.69) is 30.1 Å². The number of hydrogen-bond donors (Lipinski definition) is 1. The van der Waals surface area contributed by atoms with Crippen LogP contribution in [0.5, 0.6) is 0 Å². The molecule has 4 amide bonds. The number of hydrogen-bond acceptors (Lipinski definition) is 5. The van der Waals surface area contributed by atoms with Crippen LogP contribution in [0.4, 0.5) is 0 Å². The van der Waals surface area contributed by atoms with Crippen molar-refractivity contribution in [2.24, 2.45) is 5.92 Å². The Morgan fingerprint density at radius 3 is 2.02 bits per heavy atom. The third-order valence-corrected chi connectivity index (χ3v) is 10.6. The molecule has 2 aromatic rings. The Morgan fingerprint density at radius 1 is 0.833 bits per heavy atom. The first-order chi connectivity index (χ1) is 23.0. The minimum Gasteiger partial charge on any atom is -0.344 e. The number of rotatable bonds is 10. The van der Waals surface area contributed by atoms with Gasteiger partial charge in [-0.15, -0.1) is 0 Å². The van der Waals surface area contributed by atoms with Crippen LogP contribution in [0.15, 0.2) is 48.5 Å². The van der Waals surface area contributed by atoms with Gasteiger partial charge in [0, 0.05) is 76.6 Å². The Morgan fingerprint density at radius 2 is 1.44 bits per heavy atom. The van der Waals surface area contributed by atoms with E-state index in [0.717, 1.165) is 68.4 Å².